The van der Waals surface area contributed by atoms with Crippen LogP contribution in [0.15, 0.2) is 42.6 Å². The van der Waals surface area contributed by atoms with E-state index in [0.29, 0.717) is 35.0 Å². The number of likely N-dealkylation sites (tertiary alicyclic amines) is 1. The summed E-state index contributed by atoms with van der Waals surface area (Å²) in [6.07, 6.45) is 5.36. The van der Waals surface area contributed by atoms with Crippen molar-refractivity contribution in [2.24, 2.45) is 0 Å². The summed E-state index contributed by atoms with van der Waals surface area (Å²) in [6.45, 7) is 4.12. The van der Waals surface area contributed by atoms with Crippen LogP contribution in [0.1, 0.15) is 109 Å². The second-order valence-corrected chi connectivity index (χ2v) is 18.4. The Labute approximate surface area is 331 Å². The number of nitrogens with one attached hydrogen (secondary N) is 1. The number of methoxy groups -OCH3 is 1. The van der Waals surface area contributed by atoms with Gasteiger partial charge in [0.05, 0.1) is 42.1 Å². The smallest absolute Gasteiger partial charge is 0.408 e. The molecule has 0 bridgehead atoms. The number of ether oxygens (including phenoxy) is 1. The summed E-state index contributed by atoms with van der Waals surface area (Å²) in [5.74, 6) is -0.509. The van der Waals surface area contributed by atoms with Gasteiger partial charge in [0.2, 0.25) is 10.0 Å². The summed E-state index contributed by atoms with van der Waals surface area (Å²) in [7, 11) is 1.30. The Bertz CT molecular complexity index is 2340. The third-order valence-electron chi connectivity index (χ3n) is 12.1. The second kappa shape index (κ2) is 15.6. The van der Waals surface area contributed by atoms with E-state index in [1.807, 2.05) is 42.0 Å². The number of nitrogens with zero attached hydrogens (tertiary/aromatic N) is 5. The molecule has 1 aliphatic carbocycles. The Morgan fingerprint density at radius 3 is 2.42 bits per heavy atom. The lowest BCUT2D eigenvalue weighted by Crippen LogP contribution is -2.41. The quantitative estimate of drug-likeness (QED) is 0.175. The fourth-order valence-electron chi connectivity index (χ4n) is 8.83. The van der Waals surface area contributed by atoms with Gasteiger partial charge in [-0.05, 0) is 113 Å². The molecular weight excluding hydrogens is 758 g/mol. The molecule has 7 rings (SSSR count). The van der Waals surface area contributed by atoms with Gasteiger partial charge >= 0.3 is 6.18 Å². The number of carbonyl (C=O) groups excluding carboxylic acids is 2. The molecule has 2 aliphatic heterocycles. The van der Waals surface area contributed by atoms with Gasteiger partial charge in [0.15, 0.2) is 0 Å². The van der Waals surface area contributed by atoms with Crippen LogP contribution >= 0.6 is 0 Å². The van der Waals surface area contributed by atoms with Gasteiger partial charge in [0.1, 0.15) is 12.3 Å². The molecule has 2 fully saturated rings. The van der Waals surface area contributed by atoms with Crippen LogP contribution in [-0.2, 0) is 23.1 Å². The van der Waals surface area contributed by atoms with Crippen molar-refractivity contribution in [1.82, 2.24) is 28.9 Å². The molecule has 3 aliphatic rings. The van der Waals surface area contributed by atoms with Gasteiger partial charge < -0.3 is 14.2 Å². The first kappa shape index (κ1) is 40.6. The highest BCUT2D eigenvalue weighted by molar-refractivity contribution is 7.90. The number of hydrogen-bond donors (Lipinski definition) is 1. The van der Waals surface area contributed by atoms with E-state index in [9.17, 15) is 31.2 Å². The third-order valence-corrected chi connectivity index (χ3v) is 13.8. The zero-order chi connectivity index (χ0) is 41.0. The van der Waals surface area contributed by atoms with E-state index in [0.717, 1.165) is 71.8 Å². The summed E-state index contributed by atoms with van der Waals surface area (Å²) in [4.78, 5) is 31.7. The average molecular weight is 809 g/mol. The predicted molar refractivity (Wildman–Crippen MR) is 215 cm³/mol. The Hall–Kier alpha value is -4.63. The van der Waals surface area contributed by atoms with E-state index < -0.39 is 39.8 Å². The Balaban J connectivity index is 1.44. The van der Waals surface area contributed by atoms with E-state index in [4.69, 9.17) is 4.74 Å². The molecule has 1 N–H and O–H groups in total. The van der Waals surface area contributed by atoms with Gasteiger partial charge in [-0.25, -0.2) is 13.1 Å². The number of rotatable bonds is 10. The second-order valence-electron chi connectivity index (χ2n) is 16.2. The van der Waals surface area contributed by atoms with Crippen molar-refractivity contribution in [2.45, 2.75) is 108 Å². The fourth-order valence-corrected chi connectivity index (χ4v) is 9.44. The molecular formula is C42H51F3N6O5S. The number of alkyl halides is 3. The number of amides is 2. The van der Waals surface area contributed by atoms with Crippen molar-refractivity contribution in [3.63, 3.8) is 0 Å². The third kappa shape index (κ3) is 7.97. The van der Waals surface area contributed by atoms with E-state index in [-0.39, 0.29) is 35.3 Å². The minimum absolute atomic E-state index is 0.0291. The van der Waals surface area contributed by atoms with Crippen molar-refractivity contribution < 1.29 is 35.9 Å². The monoisotopic (exact) mass is 808 g/mol. The number of fused-ring (bicyclic) bond motifs is 5. The fraction of sp³-hybridized carbons (Fsp3) is 0.500. The molecule has 2 aromatic carbocycles. The lowest BCUT2D eigenvalue weighted by molar-refractivity contribution is -0.142. The van der Waals surface area contributed by atoms with Crippen molar-refractivity contribution >= 4 is 44.4 Å². The van der Waals surface area contributed by atoms with Crippen molar-refractivity contribution in [1.29, 1.82) is 0 Å². The molecule has 0 spiro atoms. The number of hydrogen-bond acceptors (Lipinski definition) is 7. The number of benzene rings is 2. The van der Waals surface area contributed by atoms with E-state index >= 15 is 0 Å². The van der Waals surface area contributed by atoms with Gasteiger partial charge in [0.25, 0.3) is 11.8 Å². The number of likely N-dealkylation sites (N-methyl/N-ethyl adjacent to an activating group) is 2. The standard InChI is InChI=1S/C42H51F3N6O5S/c1-25(2)57(54,55)47-40(52)28-13-16-34-36(20-28)50-22-30(18-29-19-32(56-6)15-17-33(29)39(50)37(34)27-10-8-7-9-11-27)38-35(21-46-51(38)24-42(43,44)45)41(53)48(4)23-31-14-12-26(3)49(31)5/h13,15-21,25-27,31H,7-12,14,22-24H2,1-6H3,(H,47,52). The van der Waals surface area contributed by atoms with Crippen LogP contribution in [0.2, 0.25) is 0 Å². The molecule has 2 amide bonds. The maximum atomic E-state index is 14.4. The lowest BCUT2D eigenvalue weighted by Gasteiger charge is -2.28. The van der Waals surface area contributed by atoms with Gasteiger partial charge in [-0.2, -0.15) is 18.3 Å². The maximum Gasteiger partial charge on any atom is 0.408 e. The Morgan fingerprint density at radius 2 is 1.77 bits per heavy atom. The number of carbonyl (C=O) groups is 2. The van der Waals surface area contributed by atoms with Crippen LogP contribution in [-0.4, -0.2) is 95.6 Å². The van der Waals surface area contributed by atoms with Crippen molar-refractivity contribution in [3.8, 4) is 17.0 Å². The molecule has 1 saturated carbocycles. The zero-order valence-electron chi connectivity index (χ0n) is 33.3. The normalized spacial score (nSPS) is 19.3. The van der Waals surface area contributed by atoms with E-state index in [1.54, 1.807) is 31.2 Å². The lowest BCUT2D eigenvalue weighted by atomic mass is 9.81. The number of aromatic nitrogens is 3. The molecule has 1 saturated heterocycles. The summed E-state index contributed by atoms with van der Waals surface area (Å²) in [5, 5.41) is 4.23. The molecule has 2 atom stereocenters. The molecule has 15 heteroatoms. The van der Waals surface area contributed by atoms with Crippen molar-refractivity contribution in [3.05, 3.63) is 70.5 Å². The molecule has 11 nitrogen and oxygen atoms in total. The van der Waals surface area contributed by atoms with Gasteiger partial charge in [-0.15, -0.1) is 0 Å². The number of allylic oxidation sites excluding steroid dienone is 1. The number of sulfonamides is 1. The highest BCUT2D eigenvalue weighted by atomic mass is 32.2. The Kier molecular flexibility index (Phi) is 11.1. The SMILES string of the molecule is COc1ccc2c(c1)C=C(c1c(C(=O)N(C)CC3CCC(C)N3C)cnn1CC(F)(F)F)Cn1c-2c(C2CCCCC2)c2ccc(C(=O)NS(=O)(=O)C(C)C)cc21. The topological polar surface area (TPSA) is 119 Å². The highest BCUT2D eigenvalue weighted by Crippen LogP contribution is 2.48. The summed E-state index contributed by atoms with van der Waals surface area (Å²) < 4.78 is 79.1. The van der Waals surface area contributed by atoms with Crippen LogP contribution in [0.3, 0.4) is 0 Å². The zero-order valence-corrected chi connectivity index (χ0v) is 34.1. The van der Waals surface area contributed by atoms with Crippen LogP contribution in [0.25, 0.3) is 33.8 Å². The van der Waals surface area contributed by atoms with Gasteiger partial charge in [-0.3, -0.25) is 19.2 Å². The molecule has 57 heavy (non-hydrogen) atoms. The molecule has 0 radical (unpaired) electrons. The first-order valence-electron chi connectivity index (χ1n) is 19.7. The molecule has 306 valence electrons. The highest BCUT2D eigenvalue weighted by Gasteiger charge is 2.36. The molecule has 4 aromatic rings. The van der Waals surface area contributed by atoms with Crippen LogP contribution < -0.4 is 9.46 Å². The van der Waals surface area contributed by atoms with Crippen molar-refractivity contribution in [2.75, 3.05) is 27.7 Å². The number of halogens is 3. The van der Waals surface area contributed by atoms with E-state index in [2.05, 4.69) is 21.6 Å². The first-order chi connectivity index (χ1) is 27.0. The maximum absolute atomic E-state index is 14.4. The largest absolute Gasteiger partial charge is 0.497 e. The Morgan fingerprint density at radius 1 is 1.04 bits per heavy atom. The van der Waals surface area contributed by atoms with Crippen LogP contribution in [0.4, 0.5) is 13.2 Å². The average Bonchev–Trinajstić information content (AvgIpc) is 3.78. The van der Waals surface area contributed by atoms with Gasteiger partial charge in [0, 0.05) is 47.7 Å². The summed E-state index contributed by atoms with van der Waals surface area (Å²) in [5.41, 5.74) is 4.71. The van der Waals surface area contributed by atoms with Crippen LogP contribution in [0, 0.1) is 0 Å². The van der Waals surface area contributed by atoms with Crippen LogP contribution in [0.5, 0.6) is 5.75 Å². The molecule has 2 aromatic heterocycles. The predicted octanol–water partition coefficient (Wildman–Crippen LogP) is 7.70. The minimum Gasteiger partial charge on any atom is -0.497 e. The molecule has 4 heterocycles. The van der Waals surface area contributed by atoms with E-state index in [1.165, 1.54) is 20.0 Å². The van der Waals surface area contributed by atoms with Gasteiger partial charge in [-0.1, -0.05) is 25.3 Å². The minimum atomic E-state index is -4.64. The first-order valence-corrected chi connectivity index (χ1v) is 21.2. The molecule has 2 unspecified atom stereocenters. The summed E-state index contributed by atoms with van der Waals surface area (Å²) in [6, 6.07) is 11.2. The summed E-state index contributed by atoms with van der Waals surface area (Å²) >= 11 is 0.